The van der Waals surface area contributed by atoms with Crippen molar-refractivity contribution in [3.05, 3.63) is 29.1 Å². The lowest BCUT2D eigenvalue weighted by Gasteiger charge is -2.13. The number of halogens is 5. The molecular formula is C11H11F5N2. The molecule has 1 aliphatic heterocycles. The van der Waals surface area contributed by atoms with Crippen LogP contribution in [0.4, 0.5) is 27.6 Å². The Labute approximate surface area is 100 Å². The number of benzene rings is 1. The molecule has 0 saturated carbocycles. The Morgan fingerprint density at radius 2 is 1.50 bits per heavy atom. The van der Waals surface area contributed by atoms with E-state index in [1.165, 1.54) is 0 Å². The van der Waals surface area contributed by atoms with E-state index in [9.17, 15) is 22.0 Å². The van der Waals surface area contributed by atoms with E-state index in [1.807, 2.05) is 0 Å². The minimum atomic E-state index is -2.14. The van der Waals surface area contributed by atoms with Crippen LogP contribution >= 0.6 is 0 Å². The maximum Gasteiger partial charge on any atom is 0.200 e. The van der Waals surface area contributed by atoms with E-state index in [0.717, 1.165) is 13.0 Å². The number of nitrogens with one attached hydrogen (secondary N) is 2. The van der Waals surface area contributed by atoms with E-state index >= 15 is 0 Å². The van der Waals surface area contributed by atoms with Gasteiger partial charge in [-0.1, -0.05) is 0 Å². The number of hydrogen-bond donors (Lipinski definition) is 2. The summed E-state index contributed by atoms with van der Waals surface area (Å²) in [7, 11) is 0. The van der Waals surface area contributed by atoms with E-state index in [2.05, 4.69) is 10.6 Å². The summed E-state index contributed by atoms with van der Waals surface area (Å²) in [5.41, 5.74) is -0.960. The fraction of sp³-hybridized carbons (Fsp3) is 0.455. The highest BCUT2D eigenvalue weighted by Gasteiger charge is 2.26. The first-order valence-corrected chi connectivity index (χ1v) is 5.48. The molecule has 1 unspecified atom stereocenters. The smallest absolute Gasteiger partial charge is 0.200 e. The van der Waals surface area contributed by atoms with Crippen molar-refractivity contribution >= 4 is 5.69 Å². The highest BCUT2D eigenvalue weighted by atomic mass is 19.2. The van der Waals surface area contributed by atoms with Gasteiger partial charge in [0.05, 0.1) is 0 Å². The summed E-state index contributed by atoms with van der Waals surface area (Å²) in [5, 5.41) is 5.33. The van der Waals surface area contributed by atoms with Gasteiger partial charge in [-0.15, -0.1) is 0 Å². The van der Waals surface area contributed by atoms with Crippen LogP contribution in [0.3, 0.4) is 0 Å². The molecule has 1 aromatic carbocycles. The highest BCUT2D eigenvalue weighted by Crippen LogP contribution is 2.27. The van der Waals surface area contributed by atoms with Crippen molar-refractivity contribution < 1.29 is 22.0 Å². The van der Waals surface area contributed by atoms with E-state index in [1.54, 1.807) is 0 Å². The van der Waals surface area contributed by atoms with Gasteiger partial charge in [0.25, 0.3) is 0 Å². The van der Waals surface area contributed by atoms with Gasteiger partial charge < -0.3 is 10.6 Å². The molecule has 2 rings (SSSR count). The molecule has 1 fully saturated rings. The SMILES string of the molecule is Fc1c(F)c(F)c(NCC2CCNC2)c(F)c1F. The topological polar surface area (TPSA) is 24.1 Å². The summed E-state index contributed by atoms with van der Waals surface area (Å²) in [4.78, 5) is 0. The van der Waals surface area contributed by atoms with Gasteiger partial charge in [0, 0.05) is 6.54 Å². The number of hydrogen-bond acceptors (Lipinski definition) is 2. The van der Waals surface area contributed by atoms with E-state index in [0.29, 0.717) is 6.54 Å². The fourth-order valence-corrected chi connectivity index (χ4v) is 1.90. The first-order valence-electron chi connectivity index (χ1n) is 5.48. The molecule has 7 heteroatoms. The zero-order valence-electron chi connectivity index (χ0n) is 9.30. The van der Waals surface area contributed by atoms with Gasteiger partial charge in [0.1, 0.15) is 5.69 Å². The van der Waals surface area contributed by atoms with Crippen LogP contribution in [0.15, 0.2) is 0 Å². The maximum atomic E-state index is 13.3. The van der Waals surface area contributed by atoms with Crippen LogP contribution in [0.1, 0.15) is 6.42 Å². The average molecular weight is 266 g/mol. The predicted molar refractivity (Wildman–Crippen MR) is 55.7 cm³/mol. The summed E-state index contributed by atoms with van der Waals surface area (Å²) in [6, 6.07) is 0. The lowest BCUT2D eigenvalue weighted by atomic mass is 10.1. The molecule has 0 aliphatic carbocycles. The minimum Gasteiger partial charge on any atom is -0.380 e. The van der Waals surface area contributed by atoms with Gasteiger partial charge in [-0.05, 0) is 25.4 Å². The quantitative estimate of drug-likeness (QED) is 0.499. The average Bonchev–Trinajstić information content (AvgIpc) is 2.87. The normalized spacial score (nSPS) is 19.3. The zero-order chi connectivity index (χ0) is 13.3. The lowest BCUT2D eigenvalue weighted by molar-refractivity contribution is 0.381. The Bertz CT molecular complexity index is 428. The largest absolute Gasteiger partial charge is 0.380 e. The second-order valence-electron chi connectivity index (χ2n) is 4.18. The van der Waals surface area contributed by atoms with Crippen molar-refractivity contribution in [3.63, 3.8) is 0 Å². The van der Waals surface area contributed by atoms with E-state index in [-0.39, 0.29) is 12.5 Å². The van der Waals surface area contributed by atoms with Gasteiger partial charge in [-0.2, -0.15) is 0 Å². The van der Waals surface area contributed by atoms with Crippen molar-refractivity contribution in [3.8, 4) is 0 Å². The van der Waals surface area contributed by atoms with Crippen LogP contribution in [0, 0.1) is 35.0 Å². The highest BCUT2D eigenvalue weighted by molar-refractivity contribution is 5.47. The predicted octanol–water partition coefficient (Wildman–Crippen LogP) is 2.40. The van der Waals surface area contributed by atoms with Crippen LogP contribution in [0.25, 0.3) is 0 Å². The van der Waals surface area contributed by atoms with Crippen LogP contribution < -0.4 is 10.6 Å². The Morgan fingerprint density at radius 3 is 2.00 bits per heavy atom. The molecule has 100 valence electrons. The Morgan fingerprint density at radius 1 is 0.944 bits per heavy atom. The van der Waals surface area contributed by atoms with Gasteiger partial charge in [-0.3, -0.25) is 0 Å². The van der Waals surface area contributed by atoms with Crippen LogP contribution in [-0.4, -0.2) is 19.6 Å². The number of anilines is 1. The molecule has 0 spiro atoms. The molecule has 1 heterocycles. The Kier molecular flexibility index (Phi) is 3.70. The summed E-state index contributed by atoms with van der Waals surface area (Å²) in [6.45, 7) is 1.59. The fourth-order valence-electron chi connectivity index (χ4n) is 1.90. The third-order valence-corrected chi connectivity index (χ3v) is 2.94. The third-order valence-electron chi connectivity index (χ3n) is 2.94. The molecule has 0 radical (unpaired) electrons. The van der Waals surface area contributed by atoms with Gasteiger partial charge >= 0.3 is 0 Å². The molecule has 1 aromatic rings. The minimum absolute atomic E-state index is 0.111. The number of rotatable bonds is 3. The lowest BCUT2D eigenvalue weighted by Crippen LogP contribution is -2.19. The summed E-state index contributed by atoms with van der Waals surface area (Å²) in [5.74, 6) is -9.53. The molecule has 2 N–H and O–H groups in total. The third kappa shape index (κ3) is 2.27. The zero-order valence-corrected chi connectivity index (χ0v) is 9.30. The first kappa shape index (κ1) is 13.1. The first-order chi connectivity index (χ1) is 8.52. The second-order valence-corrected chi connectivity index (χ2v) is 4.18. The van der Waals surface area contributed by atoms with Gasteiger partial charge in [0.2, 0.25) is 5.82 Å². The van der Waals surface area contributed by atoms with Gasteiger partial charge in [0.15, 0.2) is 23.3 Å². The molecule has 0 aromatic heterocycles. The molecule has 1 aliphatic rings. The molecular weight excluding hydrogens is 255 g/mol. The summed E-state index contributed by atoms with van der Waals surface area (Å²) in [6.07, 6.45) is 0.794. The second kappa shape index (κ2) is 5.09. The van der Waals surface area contributed by atoms with Crippen molar-refractivity contribution in [2.75, 3.05) is 25.0 Å². The van der Waals surface area contributed by atoms with Crippen LogP contribution in [-0.2, 0) is 0 Å². The Balaban J connectivity index is 2.21. The molecule has 1 saturated heterocycles. The molecule has 1 atom stereocenters. The summed E-state index contributed by atoms with van der Waals surface area (Å²) >= 11 is 0. The van der Waals surface area contributed by atoms with Gasteiger partial charge in [-0.25, -0.2) is 22.0 Å². The van der Waals surface area contributed by atoms with E-state index < -0.39 is 34.8 Å². The maximum absolute atomic E-state index is 13.3. The van der Waals surface area contributed by atoms with Crippen molar-refractivity contribution in [2.45, 2.75) is 6.42 Å². The molecule has 18 heavy (non-hydrogen) atoms. The van der Waals surface area contributed by atoms with Crippen molar-refractivity contribution in [2.24, 2.45) is 5.92 Å². The van der Waals surface area contributed by atoms with Crippen LogP contribution in [0.2, 0.25) is 0 Å². The summed E-state index contributed by atoms with van der Waals surface area (Å²) < 4.78 is 65.1. The van der Waals surface area contributed by atoms with Crippen molar-refractivity contribution in [1.82, 2.24) is 5.32 Å². The monoisotopic (exact) mass is 266 g/mol. The van der Waals surface area contributed by atoms with E-state index in [4.69, 9.17) is 0 Å². The molecule has 0 bridgehead atoms. The molecule has 0 amide bonds. The molecule has 2 nitrogen and oxygen atoms in total. The Hall–Kier alpha value is -1.37. The van der Waals surface area contributed by atoms with Crippen LogP contribution in [0.5, 0.6) is 0 Å². The standard InChI is InChI=1S/C11H11F5N2/c12-6-7(13)9(15)11(10(16)8(6)14)18-4-5-1-2-17-3-5/h5,17-18H,1-4H2. The van der Waals surface area contributed by atoms with Crippen molar-refractivity contribution in [1.29, 1.82) is 0 Å².